The molecule has 0 aromatic rings. The molecule has 0 spiro atoms. The highest BCUT2D eigenvalue weighted by Crippen LogP contribution is 2.30. The number of morpholine rings is 1. The summed E-state index contributed by atoms with van der Waals surface area (Å²) in [5.74, 6) is -0.188. The van der Waals surface area contributed by atoms with Crippen LogP contribution in [-0.4, -0.2) is 61.4 Å². The van der Waals surface area contributed by atoms with Gasteiger partial charge in [0, 0.05) is 25.2 Å². The molecule has 5 nitrogen and oxygen atoms in total. The Morgan fingerprint density at radius 1 is 1.50 bits per heavy atom. The van der Waals surface area contributed by atoms with Gasteiger partial charge in [0.1, 0.15) is 5.54 Å². The molecule has 2 rings (SSSR count). The van der Waals surface area contributed by atoms with Crippen LogP contribution in [0.5, 0.6) is 0 Å². The summed E-state index contributed by atoms with van der Waals surface area (Å²) >= 11 is 0. The second-order valence-electron chi connectivity index (χ2n) is 6.50. The van der Waals surface area contributed by atoms with Gasteiger partial charge in [0.2, 0.25) is 0 Å². The van der Waals surface area contributed by atoms with Crippen LogP contribution in [0.25, 0.3) is 0 Å². The smallest absolute Gasteiger partial charge is 0.327 e. The van der Waals surface area contributed by atoms with E-state index in [9.17, 15) is 4.79 Å². The normalized spacial score (nSPS) is 30.1. The van der Waals surface area contributed by atoms with Crippen LogP contribution >= 0.6 is 0 Å². The number of methoxy groups -OCH3 is 1. The largest absolute Gasteiger partial charge is 0.468 e. The second-order valence-corrected chi connectivity index (χ2v) is 6.50. The van der Waals surface area contributed by atoms with E-state index < -0.39 is 5.54 Å². The van der Waals surface area contributed by atoms with Gasteiger partial charge in [-0.25, -0.2) is 0 Å². The standard InChI is InChI=1S/C15H28N2O3/c1-11(2)16-15(3,14(18)19-4)10-17-8-9-20-13-7-5-6-12(13)17/h11-13,16H,5-10H2,1-4H3. The van der Waals surface area contributed by atoms with Crippen molar-refractivity contribution in [3.63, 3.8) is 0 Å². The summed E-state index contributed by atoms with van der Waals surface area (Å²) in [7, 11) is 1.46. The van der Waals surface area contributed by atoms with E-state index in [2.05, 4.69) is 24.1 Å². The highest BCUT2D eigenvalue weighted by atomic mass is 16.5. The minimum absolute atomic E-state index is 0.188. The first-order valence-corrected chi connectivity index (χ1v) is 7.68. The van der Waals surface area contributed by atoms with Crippen LogP contribution in [0.4, 0.5) is 0 Å². The third kappa shape index (κ3) is 3.32. The molecule has 5 heteroatoms. The molecular formula is C15H28N2O3. The van der Waals surface area contributed by atoms with Crippen LogP contribution < -0.4 is 5.32 Å². The Morgan fingerprint density at radius 3 is 2.90 bits per heavy atom. The minimum atomic E-state index is -0.659. The van der Waals surface area contributed by atoms with E-state index >= 15 is 0 Å². The lowest BCUT2D eigenvalue weighted by Gasteiger charge is -2.42. The van der Waals surface area contributed by atoms with Crippen molar-refractivity contribution in [1.29, 1.82) is 0 Å². The predicted molar refractivity (Wildman–Crippen MR) is 77.6 cm³/mol. The summed E-state index contributed by atoms with van der Waals surface area (Å²) in [6.45, 7) is 8.39. The van der Waals surface area contributed by atoms with Crippen molar-refractivity contribution in [1.82, 2.24) is 10.2 Å². The van der Waals surface area contributed by atoms with E-state index in [0.29, 0.717) is 18.7 Å². The Morgan fingerprint density at radius 2 is 2.25 bits per heavy atom. The Kier molecular flexibility index (Phi) is 5.04. The molecule has 3 unspecified atom stereocenters. The van der Waals surface area contributed by atoms with Gasteiger partial charge in [0.25, 0.3) is 0 Å². The molecule has 1 aliphatic carbocycles. The average Bonchev–Trinajstić information content (AvgIpc) is 2.86. The van der Waals surface area contributed by atoms with Crippen LogP contribution in [0, 0.1) is 0 Å². The molecule has 1 N–H and O–H groups in total. The summed E-state index contributed by atoms with van der Waals surface area (Å²) in [4.78, 5) is 14.6. The van der Waals surface area contributed by atoms with Crippen molar-refractivity contribution < 1.29 is 14.3 Å². The zero-order valence-corrected chi connectivity index (χ0v) is 13.1. The van der Waals surface area contributed by atoms with Gasteiger partial charge in [-0.15, -0.1) is 0 Å². The first-order valence-electron chi connectivity index (χ1n) is 7.68. The van der Waals surface area contributed by atoms with Gasteiger partial charge in [-0.05, 0) is 40.0 Å². The molecule has 0 radical (unpaired) electrons. The number of nitrogens with zero attached hydrogens (tertiary/aromatic N) is 1. The number of ether oxygens (including phenoxy) is 2. The number of carbonyl (C=O) groups excluding carboxylic acids is 1. The number of nitrogens with one attached hydrogen (secondary N) is 1. The van der Waals surface area contributed by atoms with Crippen molar-refractivity contribution in [2.45, 2.75) is 63.8 Å². The molecule has 1 saturated heterocycles. The molecule has 0 amide bonds. The Labute approximate surface area is 122 Å². The fraction of sp³-hybridized carbons (Fsp3) is 0.933. The third-order valence-electron chi connectivity index (χ3n) is 4.36. The molecule has 0 aromatic heterocycles. The summed E-state index contributed by atoms with van der Waals surface area (Å²) in [6.07, 6.45) is 3.89. The lowest BCUT2D eigenvalue weighted by molar-refractivity contribution is -0.151. The number of fused-ring (bicyclic) bond motifs is 1. The molecule has 2 fully saturated rings. The van der Waals surface area contributed by atoms with Gasteiger partial charge in [-0.1, -0.05) is 0 Å². The van der Waals surface area contributed by atoms with Gasteiger partial charge in [0.15, 0.2) is 0 Å². The maximum atomic E-state index is 12.2. The van der Waals surface area contributed by atoms with Crippen molar-refractivity contribution in [2.24, 2.45) is 0 Å². The molecular weight excluding hydrogens is 256 g/mol. The van der Waals surface area contributed by atoms with Gasteiger partial charge in [-0.3, -0.25) is 15.0 Å². The quantitative estimate of drug-likeness (QED) is 0.768. The Bertz CT molecular complexity index is 348. The minimum Gasteiger partial charge on any atom is -0.468 e. The van der Waals surface area contributed by atoms with E-state index in [-0.39, 0.29) is 12.0 Å². The van der Waals surface area contributed by atoms with E-state index in [1.165, 1.54) is 20.0 Å². The fourth-order valence-electron chi connectivity index (χ4n) is 3.64. The van der Waals surface area contributed by atoms with Crippen LogP contribution in [-0.2, 0) is 14.3 Å². The highest BCUT2D eigenvalue weighted by molar-refractivity contribution is 5.80. The van der Waals surface area contributed by atoms with Gasteiger partial charge in [-0.2, -0.15) is 0 Å². The van der Waals surface area contributed by atoms with E-state index in [4.69, 9.17) is 9.47 Å². The van der Waals surface area contributed by atoms with Crippen molar-refractivity contribution in [3.8, 4) is 0 Å². The molecule has 0 bridgehead atoms. The molecule has 1 saturated carbocycles. The maximum absolute atomic E-state index is 12.2. The Balaban J connectivity index is 2.08. The number of hydrogen-bond acceptors (Lipinski definition) is 5. The molecule has 0 aromatic carbocycles. The molecule has 116 valence electrons. The van der Waals surface area contributed by atoms with Gasteiger partial charge in [0.05, 0.1) is 19.8 Å². The molecule has 2 aliphatic rings. The highest BCUT2D eigenvalue weighted by Gasteiger charge is 2.42. The summed E-state index contributed by atoms with van der Waals surface area (Å²) in [5.41, 5.74) is -0.659. The first kappa shape index (κ1) is 15.7. The van der Waals surface area contributed by atoms with Gasteiger partial charge >= 0.3 is 5.97 Å². The van der Waals surface area contributed by atoms with E-state index in [1.54, 1.807) is 0 Å². The zero-order valence-electron chi connectivity index (χ0n) is 13.1. The second kappa shape index (κ2) is 6.41. The summed E-state index contributed by atoms with van der Waals surface area (Å²) in [6, 6.07) is 0.696. The lowest BCUT2D eigenvalue weighted by atomic mass is 9.98. The van der Waals surface area contributed by atoms with Crippen molar-refractivity contribution >= 4 is 5.97 Å². The maximum Gasteiger partial charge on any atom is 0.327 e. The van der Waals surface area contributed by atoms with Crippen LogP contribution in [0.1, 0.15) is 40.0 Å². The average molecular weight is 284 g/mol. The van der Waals surface area contributed by atoms with Crippen LogP contribution in [0.3, 0.4) is 0 Å². The predicted octanol–water partition coefficient (Wildman–Crippen LogP) is 1.17. The first-order chi connectivity index (χ1) is 9.46. The number of carbonyl (C=O) groups is 1. The van der Waals surface area contributed by atoms with Gasteiger partial charge < -0.3 is 9.47 Å². The number of hydrogen-bond donors (Lipinski definition) is 1. The monoisotopic (exact) mass is 284 g/mol. The summed E-state index contributed by atoms with van der Waals surface area (Å²) in [5, 5.41) is 3.38. The SMILES string of the molecule is COC(=O)C(C)(CN1CCOC2CCCC21)NC(C)C. The number of esters is 1. The van der Waals surface area contributed by atoms with E-state index in [0.717, 1.165) is 19.6 Å². The van der Waals surface area contributed by atoms with Crippen LogP contribution in [0.2, 0.25) is 0 Å². The lowest BCUT2D eigenvalue weighted by Crippen LogP contribution is -2.62. The number of rotatable bonds is 5. The molecule has 3 atom stereocenters. The topological polar surface area (TPSA) is 50.8 Å². The molecule has 20 heavy (non-hydrogen) atoms. The zero-order chi connectivity index (χ0) is 14.8. The Hall–Kier alpha value is -0.650. The molecule has 1 aliphatic heterocycles. The summed E-state index contributed by atoms with van der Waals surface area (Å²) < 4.78 is 10.8. The van der Waals surface area contributed by atoms with Crippen LogP contribution in [0.15, 0.2) is 0 Å². The van der Waals surface area contributed by atoms with Crippen molar-refractivity contribution in [2.75, 3.05) is 26.8 Å². The molecule has 1 heterocycles. The van der Waals surface area contributed by atoms with E-state index in [1.807, 2.05) is 6.92 Å². The fourth-order valence-corrected chi connectivity index (χ4v) is 3.64. The third-order valence-corrected chi connectivity index (χ3v) is 4.36. The van der Waals surface area contributed by atoms with Crippen molar-refractivity contribution in [3.05, 3.63) is 0 Å².